The van der Waals surface area contributed by atoms with Gasteiger partial charge in [-0.1, -0.05) is 6.08 Å². The predicted octanol–water partition coefficient (Wildman–Crippen LogP) is 1.24. The minimum absolute atomic E-state index is 0.0109. The summed E-state index contributed by atoms with van der Waals surface area (Å²) in [4.78, 5) is 23.4. The molecular weight excluding hydrogens is 198 g/mol. The summed E-state index contributed by atoms with van der Waals surface area (Å²) >= 11 is 0. The lowest BCUT2D eigenvalue weighted by Crippen LogP contribution is -2.26. The fourth-order valence-corrected chi connectivity index (χ4v) is 1.03. The second kappa shape index (κ2) is 4.45. The van der Waals surface area contributed by atoms with Gasteiger partial charge in [0.1, 0.15) is 0 Å². The Hall–Kier alpha value is -2.04. The summed E-state index contributed by atoms with van der Waals surface area (Å²) in [6.07, 6.45) is 1.57. The number of hydrogen-bond donors (Lipinski definition) is 1. The lowest BCUT2D eigenvalue weighted by Gasteiger charge is -2.12. The number of rotatable bonds is 4. The van der Waals surface area contributed by atoms with Gasteiger partial charge in [0.2, 0.25) is 5.76 Å². The number of aromatic carboxylic acids is 1. The molecule has 15 heavy (non-hydrogen) atoms. The zero-order valence-electron chi connectivity index (χ0n) is 8.27. The van der Waals surface area contributed by atoms with E-state index in [1.54, 1.807) is 13.1 Å². The van der Waals surface area contributed by atoms with Crippen LogP contribution in [0, 0.1) is 0 Å². The SMILES string of the molecule is C=CCN(C)C(=O)c1ccc(C(=O)O)o1. The highest BCUT2D eigenvalue weighted by atomic mass is 16.4. The molecular formula is C10H11NO4. The third-order valence-corrected chi connectivity index (χ3v) is 1.78. The Kier molecular flexibility index (Phi) is 3.28. The molecule has 1 heterocycles. The van der Waals surface area contributed by atoms with Crippen LogP contribution >= 0.6 is 0 Å². The molecule has 80 valence electrons. The zero-order valence-corrected chi connectivity index (χ0v) is 8.27. The molecule has 1 rings (SSSR count). The van der Waals surface area contributed by atoms with Gasteiger partial charge in [0, 0.05) is 13.6 Å². The van der Waals surface area contributed by atoms with Crippen molar-refractivity contribution in [1.29, 1.82) is 0 Å². The van der Waals surface area contributed by atoms with Crippen LogP contribution in [-0.2, 0) is 0 Å². The largest absolute Gasteiger partial charge is 0.475 e. The molecule has 0 atom stereocenters. The summed E-state index contributed by atoms with van der Waals surface area (Å²) in [5.74, 6) is -1.80. The Morgan fingerprint density at radius 3 is 2.60 bits per heavy atom. The Labute approximate surface area is 86.6 Å². The van der Waals surface area contributed by atoms with Crippen LogP contribution in [0.5, 0.6) is 0 Å². The summed E-state index contributed by atoms with van der Waals surface area (Å²) in [5.41, 5.74) is 0. The van der Waals surface area contributed by atoms with E-state index in [0.29, 0.717) is 6.54 Å². The van der Waals surface area contributed by atoms with E-state index in [0.717, 1.165) is 0 Å². The van der Waals surface area contributed by atoms with Crippen molar-refractivity contribution < 1.29 is 19.1 Å². The van der Waals surface area contributed by atoms with Crippen molar-refractivity contribution in [2.24, 2.45) is 0 Å². The van der Waals surface area contributed by atoms with Gasteiger partial charge in [-0.25, -0.2) is 4.79 Å². The molecule has 0 saturated heterocycles. The van der Waals surface area contributed by atoms with Crippen molar-refractivity contribution in [3.05, 3.63) is 36.3 Å². The van der Waals surface area contributed by atoms with Crippen LogP contribution in [0.15, 0.2) is 29.2 Å². The lowest BCUT2D eigenvalue weighted by atomic mass is 10.4. The highest BCUT2D eigenvalue weighted by Gasteiger charge is 2.17. The van der Waals surface area contributed by atoms with Crippen LogP contribution in [0.2, 0.25) is 0 Å². The Bertz CT molecular complexity index is 394. The van der Waals surface area contributed by atoms with E-state index in [4.69, 9.17) is 9.52 Å². The Morgan fingerprint density at radius 1 is 1.53 bits per heavy atom. The van der Waals surface area contributed by atoms with Gasteiger partial charge in [-0.15, -0.1) is 6.58 Å². The molecule has 1 N–H and O–H groups in total. The zero-order chi connectivity index (χ0) is 11.4. The fraction of sp³-hybridized carbons (Fsp3) is 0.200. The van der Waals surface area contributed by atoms with E-state index in [9.17, 15) is 9.59 Å². The fourth-order valence-electron chi connectivity index (χ4n) is 1.03. The molecule has 0 aromatic carbocycles. The van der Waals surface area contributed by atoms with Gasteiger partial charge in [-0.2, -0.15) is 0 Å². The maximum Gasteiger partial charge on any atom is 0.371 e. The molecule has 0 unspecified atom stereocenters. The minimum Gasteiger partial charge on any atom is -0.475 e. The van der Waals surface area contributed by atoms with Gasteiger partial charge in [-0.05, 0) is 12.1 Å². The van der Waals surface area contributed by atoms with Gasteiger partial charge < -0.3 is 14.4 Å². The van der Waals surface area contributed by atoms with Gasteiger partial charge >= 0.3 is 5.97 Å². The molecule has 5 heteroatoms. The number of hydrogen-bond acceptors (Lipinski definition) is 3. The molecule has 5 nitrogen and oxygen atoms in total. The quantitative estimate of drug-likeness (QED) is 0.757. The summed E-state index contributed by atoms with van der Waals surface area (Å²) in [6.45, 7) is 3.87. The second-order valence-electron chi connectivity index (χ2n) is 2.94. The number of likely N-dealkylation sites (N-methyl/N-ethyl adjacent to an activating group) is 1. The van der Waals surface area contributed by atoms with Crippen molar-refractivity contribution in [2.75, 3.05) is 13.6 Å². The van der Waals surface area contributed by atoms with Gasteiger partial charge in [0.15, 0.2) is 5.76 Å². The highest BCUT2D eigenvalue weighted by molar-refractivity contribution is 5.93. The van der Waals surface area contributed by atoms with E-state index in [1.165, 1.54) is 17.0 Å². The highest BCUT2D eigenvalue weighted by Crippen LogP contribution is 2.09. The van der Waals surface area contributed by atoms with E-state index in [1.807, 2.05) is 0 Å². The van der Waals surface area contributed by atoms with Crippen molar-refractivity contribution in [3.63, 3.8) is 0 Å². The van der Waals surface area contributed by atoms with Gasteiger partial charge in [-0.3, -0.25) is 4.79 Å². The van der Waals surface area contributed by atoms with E-state index in [2.05, 4.69) is 6.58 Å². The average Bonchev–Trinajstić information content (AvgIpc) is 2.65. The summed E-state index contributed by atoms with van der Waals surface area (Å²) in [6, 6.07) is 2.59. The van der Waals surface area contributed by atoms with Crippen LogP contribution in [0.1, 0.15) is 21.1 Å². The number of carboxylic acid groups (broad SMARTS) is 1. The average molecular weight is 209 g/mol. The van der Waals surface area contributed by atoms with Crippen LogP contribution in [0.4, 0.5) is 0 Å². The monoisotopic (exact) mass is 209 g/mol. The normalized spacial score (nSPS) is 9.67. The van der Waals surface area contributed by atoms with Crippen LogP contribution in [0.25, 0.3) is 0 Å². The molecule has 1 amide bonds. The van der Waals surface area contributed by atoms with Gasteiger partial charge in [0.05, 0.1) is 0 Å². The smallest absolute Gasteiger partial charge is 0.371 e. The van der Waals surface area contributed by atoms with E-state index >= 15 is 0 Å². The van der Waals surface area contributed by atoms with Crippen molar-refractivity contribution in [2.45, 2.75) is 0 Å². The first-order chi connectivity index (χ1) is 7.06. The van der Waals surface area contributed by atoms with Crippen molar-refractivity contribution in [3.8, 4) is 0 Å². The number of amides is 1. The standard InChI is InChI=1S/C10H11NO4/c1-3-6-11(2)9(12)7-4-5-8(15-7)10(13)14/h3-5H,1,6H2,2H3,(H,13,14). The number of carbonyl (C=O) groups excluding carboxylic acids is 1. The summed E-state index contributed by atoms with van der Waals surface area (Å²) in [7, 11) is 1.58. The van der Waals surface area contributed by atoms with Gasteiger partial charge in [0.25, 0.3) is 5.91 Å². The number of carboxylic acids is 1. The molecule has 0 radical (unpaired) electrons. The topological polar surface area (TPSA) is 70.8 Å². The van der Waals surface area contributed by atoms with Crippen molar-refractivity contribution in [1.82, 2.24) is 4.90 Å². The summed E-state index contributed by atoms with van der Waals surface area (Å²) < 4.78 is 4.85. The molecule has 0 saturated carbocycles. The third kappa shape index (κ3) is 2.46. The van der Waals surface area contributed by atoms with E-state index in [-0.39, 0.29) is 17.4 Å². The Balaban J connectivity index is 2.82. The van der Waals surface area contributed by atoms with Crippen LogP contribution in [-0.4, -0.2) is 35.5 Å². The summed E-state index contributed by atoms with van der Waals surface area (Å²) in [5, 5.41) is 8.59. The maximum atomic E-state index is 11.6. The molecule has 0 aliphatic rings. The van der Waals surface area contributed by atoms with Crippen LogP contribution < -0.4 is 0 Å². The number of nitrogens with zero attached hydrogens (tertiary/aromatic N) is 1. The molecule has 1 aromatic heterocycles. The first kappa shape index (κ1) is 11.0. The molecule has 0 fully saturated rings. The van der Waals surface area contributed by atoms with Crippen molar-refractivity contribution >= 4 is 11.9 Å². The first-order valence-electron chi connectivity index (χ1n) is 4.25. The number of furan rings is 1. The lowest BCUT2D eigenvalue weighted by molar-refractivity contribution is 0.0655. The van der Waals surface area contributed by atoms with Crippen LogP contribution in [0.3, 0.4) is 0 Å². The second-order valence-corrected chi connectivity index (χ2v) is 2.94. The molecule has 0 aliphatic heterocycles. The number of carbonyl (C=O) groups is 2. The Morgan fingerprint density at radius 2 is 2.13 bits per heavy atom. The van der Waals surface area contributed by atoms with E-state index < -0.39 is 5.97 Å². The third-order valence-electron chi connectivity index (χ3n) is 1.78. The molecule has 0 aliphatic carbocycles. The minimum atomic E-state index is -1.19. The molecule has 0 bridgehead atoms. The first-order valence-corrected chi connectivity index (χ1v) is 4.25. The maximum absolute atomic E-state index is 11.6. The molecule has 1 aromatic rings. The molecule has 0 spiro atoms. The predicted molar refractivity (Wildman–Crippen MR) is 52.8 cm³/mol.